The highest BCUT2D eigenvalue weighted by Gasteiger charge is 2.22. The highest BCUT2D eigenvalue weighted by molar-refractivity contribution is 9.10. The van der Waals surface area contributed by atoms with Crippen molar-refractivity contribution in [2.75, 3.05) is 5.32 Å². The van der Waals surface area contributed by atoms with E-state index in [-0.39, 0.29) is 6.04 Å². The molecule has 2 heterocycles. The summed E-state index contributed by atoms with van der Waals surface area (Å²) in [5.74, 6) is 0. The summed E-state index contributed by atoms with van der Waals surface area (Å²) in [5, 5.41) is 3.32. The van der Waals surface area contributed by atoms with E-state index >= 15 is 0 Å². The fraction of sp³-hybridized carbons (Fsp3) is 0.188. The highest BCUT2D eigenvalue weighted by Crippen LogP contribution is 2.27. The molecule has 3 rings (SSSR count). The zero-order chi connectivity index (χ0) is 14.8. The number of anilines is 1. The van der Waals surface area contributed by atoms with Gasteiger partial charge < -0.3 is 5.32 Å². The van der Waals surface area contributed by atoms with Gasteiger partial charge in [-0.1, -0.05) is 41.1 Å². The second-order valence-electron chi connectivity index (χ2n) is 4.80. The van der Waals surface area contributed by atoms with Crippen LogP contribution in [0.1, 0.15) is 24.6 Å². The van der Waals surface area contributed by atoms with Gasteiger partial charge in [0, 0.05) is 21.9 Å². The number of aliphatic imine (C=N–C) groups is 1. The van der Waals surface area contributed by atoms with Crippen LogP contribution < -0.4 is 5.32 Å². The molecule has 0 radical (unpaired) electrons. The summed E-state index contributed by atoms with van der Waals surface area (Å²) in [4.78, 5) is 10.0. The summed E-state index contributed by atoms with van der Waals surface area (Å²) >= 11 is 8.99. The van der Waals surface area contributed by atoms with Gasteiger partial charge in [-0.3, -0.25) is 9.98 Å². The van der Waals surface area contributed by atoms with Crippen molar-refractivity contribution in [3.63, 3.8) is 0 Å². The minimum absolute atomic E-state index is 0.0248. The van der Waals surface area contributed by atoms with Gasteiger partial charge in [-0.25, -0.2) is 0 Å². The van der Waals surface area contributed by atoms with Gasteiger partial charge in [-0.15, -0.1) is 0 Å². The van der Waals surface area contributed by atoms with E-state index in [1.165, 1.54) is 0 Å². The SMILES string of the molecule is CCC1N=C(c2ccccn2)c2ccc(Br)cc2NC1=S. The molecule has 106 valence electrons. The first-order valence-electron chi connectivity index (χ1n) is 6.79. The Morgan fingerprint density at radius 2 is 2.14 bits per heavy atom. The minimum Gasteiger partial charge on any atom is -0.348 e. The number of pyridine rings is 1. The first-order valence-corrected chi connectivity index (χ1v) is 7.99. The summed E-state index contributed by atoms with van der Waals surface area (Å²) < 4.78 is 1.01. The summed E-state index contributed by atoms with van der Waals surface area (Å²) in [6.45, 7) is 2.09. The fourth-order valence-electron chi connectivity index (χ4n) is 2.31. The van der Waals surface area contributed by atoms with Gasteiger partial charge >= 0.3 is 0 Å². The Morgan fingerprint density at radius 3 is 2.86 bits per heavy atom. The van der Waals surface area contributed by atoms with E-state index in [1.807, 2.05) is 36.4 Å². The Morgan fingerprint density at radius 1 is 1.29 bits per heavy atom. The number of nitrogens with one attached hydrogen (secondary N) is 1. The number of benzodiazepines with no additional fused rings is 1. The van der Waals surface area contributed by atoms with E-state index in [2.05, 4.69) is 33.2 Å². The molecule has 0 amide bonds. The maximum atomic E-state index is 5.48. The van der Waals surface area contributed by atoms with Crippen molar-refractivity contribution in [2.24, 2.45) is 4.99 Å². The zero-order valence-electron chi connectivity index (χ0n) is 11.5. The average molecular weight is 360 g/mol. The Kier molecular flexibility index (Phi) is 4.12. The molecule has 3 nitrogen and oxygen atoms in total. The van der Waals surface area contributed by atoms with Crippen LogP contribution >= 0.6 is 28.1 Å². The van der Waals surface area contributed by atoms with Gasteiger partial charge in [-0.05, 0) is 36.8 Å². The van der Waals surface area contributed by atoms with Crippen molar-refractivity contribution in [2.45, 2.75) is 19.4 Å². The molecule has 0 fully saturated rings. The van der Waals surface area contributed by atoms with Crippen LogP contribution in [0.25, 0.3) is 0 Å². The lowest BCUT2D eigenvalue weighted by Crippen LogP contribution is -2.22. The third-order valence-corrected chi connectivity index (χ3v) is 4.24. The van der Waals surface area contributed by atoms with E-state index in [1.54, 1.807) is 6.20 Å². The summed E-state index contributed by atoms with van der Waals surface area (Å²) in [6, 6.07) is 11.9. The first-order chi connectivity index (χ1) is 10.2. The molecule has 5 heteroatoms. The highest BCUT2D eigenvalue weighted by atomic mass is 79.9. The van der Waals surface area contributed by atoms with Crippen LogP contribution in [-0.2, 0) is 0 Å². The fourth-order valence-corrected chi connectivity index (χ4v) is 3.00. The summed E-state index contributed by atoms with van der Waals surface area (Å²) in [7, 11) is 0. The number of halogens is 1. The molecule has 0 bridgehead atoms. The van der Waals surface area contributed by atoms with Crippen LogP contribution in [0, 0.1) is 0 Å². The van der Waals surface area contributed by atoms with Crippen molar-refractivity contribution < 1.29 is 0 Å². The van der Waals surface area contributed by atoms with Gasteiger partial charge in [0.15, 0.2) is 0 Å². The van der Waals surface area contributed by atoms with Crippen molar-refractivity contribution in [3.05, 3.63) is 58.3 Å². The van der Waals surface area contributed by atoms with E-state index < -0.39 is 0 Å². The van der Waals surface area contributed by atoms with Crippen LogP contribution in [0.15, 0.2) is 52.1 Å². The van der Waals surface area contributed by atoms with Gasteiger partial charge in [0.1, 0.15) is 11.0 Å². The number of nitrogens with zero attached hydrogens (tertiary/aromatic N) is 2. The van der Waals surface area contributed by atoms with E-state index in [0.29, 0.717) is 0 Å². The first kappa shape index (κ1) is 14.4. The van der Waals surface area contributed by atoms with Crippen LogP contribution in [-0.4, -0.2) is 21.7 Å². The molecule has 1 N–H and O–H groups in total. The van der Waals surface area contributed by atoms with E-state index in [4.69, 9.17) is 17.2 Å². The molecule has 1 atom stereocenters. The molecular weight excluding hydrogens is 346 g/mol. The molecule has 0 saturated heterocycles. The smallest absolute Gasteiger partial charge is 0.105 e. The minimum atomic E-state index is -0.0248. The molecule has 0 saturated carbocycles. The van der Waals surface area contributed by atoms with Crippen molar-refractivity contribution >= 4 is 44.5 Å². The molecule has 1 aromatic heterocycles. The number of aromatic nitrogens is 1. The second-order valence-corrected chi connectivity index (χ2v) is 6.15. The largest absolute Gasteiger partial charge is 0.348 e. The lowest BCUT2D eigenvalue weighted by Gasteiger charge is -2.11. The normalized spacial score (nSPS) is 17.5. The standard InChI is InChI=1S/C16H14BrN3S/c1-2-12-16(21)20-14-9-10(17)6-7-11(14)15(19-12)13-5-3-4-8-18-13/h3-9,12H,2H2,1H3,(H,20,21). The molecule has 1 aliphatic rings. The number of benzene rings is 1. The van der Waals surface area contributed by atoms with E-state index in [0.717, 1.165) is 38.5 Å². The Bertz CT molecular complexity index is 713. The molecular formula is C16H14BrN3S. The predicted molar refractivity (Wildman–Crippen MR) is 94.3 cm³/mol. The Hall–Kier alpha value is -1.59. The number of hydrogen-bond donors (Lipinski definition) is 1. The van der Waals surface area contributed by atoms with Gasteiger partial charge in [0.25, 0.3) is 0 Å². The lowest BCUT2D eigenvalue weighted by molar-refractivity contribution is 0.831. The molecule has 2 aromatic rings. The van der Waals surface area contributed by atoms with Crippen LogP contribution in [0.5, 0.6) is 0 Å². The Labute approximate surface area is 137 Å². The third-order valence-electron chi connectivity index (χ3n) is 3.38. The zero-order valence-corrected chi connectivity index (χ0v) is 13.9. The molecule has 21 heavy (non-hydrogen) atoms. The lowest BCUT2D eigenvalue weighted by atomic mass is 10.0. The van der Waals surface area contributed by atoms with Crippen LogP contribution in [0.4, 0.5) is 5.69 Å². The van der Waals surface area contributed by atoms with Crippen LogP contribution in [0.3, 0.4) is 0 Å². The number of thiocarbonyl (C=S) groups is 1. The predicted octanol–water partition coefficient (Wildman–Crippen LogP) is 4.21. The molecule has 0 spiro atoms. The number of hydrogen-bond acceptors (Lipinski definition) is 3. The maximum absolute atomic E-state index is 5.48. The molecule has 1 aromatic carbocycles. The number of fused-ring (bicyclic) bond motifs is 1. The van der Waals surface area contributed by atoms with Gasteiger partial charge in [0.2, 0.25) is 0 Å². The third kappa shape index (κ3) is 2.89. The average Bonchev–Trinajstić information content (AvgIpc) is 2.63. The Balaban J connectivity index is 2.21. The van der Waals surface area contributed by atoms with Crippen molar-refractivity contribution in [1.82, 2.24) is 4.98 Å². The molecule has 1 aliphatic heterocycles. The van der Waals surface area contributed by atoms with Gasteiger partial charge in [-0.2, -0.15) is 0 Å². The molecule has 0 aliphatic carbocycles. The summed E-state index contributed by atoms with van der Waals surface area (Å²) in [5.41, 5.74) is 3.74. The topological polar surface area (TPSA) is 37.3 Å². The molecule has 1 unspecified atom stereocenters. The van der Waals surface area contributed by atoms with E-state index in [9.17, 15) is 0 Å². The van der Waals surface area contributed by atoms with Crippen molar-refractivity contribution in [3.8, 4) is 0 Å². The quantitative estimate of drug-likeness (QED) is 0.815. The second kappa shape index (κ2) is 6.03. The number of rotatable bonds is 2. The summed E-state index contributed by atoms with van der Waals surface area (Å²) in [6.07, 6.45) is 2.64. The monoisotopic (exact) mass is 359 g/mol. The van der Waals surface area contributed by atoms with Crippen molar-refractivity contribution in [1.29, 1.82) is 0 Å². The van der Waals surface area contributed by atoms with Crippen LogP contribution in [0.2, 0.25) is 0 Å². The van der Waals surface area contributed by atoms with Gasteiger partial charge in [0.05, 0.1) is 11.4 Å². The maximum Gasteiger partial charge on any atom is 0.105 e.